The number of nitrogens with zero attached hydrogens (tertiary/aromatic N) is 1. The first-order chi connectivity index (χ1) is 7.79. The average molecular weight is 216 g/mol. The highest BCUT2D eigenvalue weighted by atomic mass is 16.5. The van der Waals surface area contributed by atoms with Gasteiger partial charge in [0.1, 0.15) is 5.82 Å². The molecule has 4 heteroatoms. The van der Waals surface area contributed by atoms with Crippen LogP contribution in [0.1, 0.15) is 5.56 Å². The summed E-state index contributed by atoms with van der Waals surface area (Å²) in [5.74, 6) is 0.580. The molecule has 0 saturated heterocycles. The fourth-order valence-corrected chi connectivity index (χ4v) is 1.44. The molecule has 2 rings (SSSR count). The number of hydrogen-bond acceptors (Lipinski definition) is 3. The molecule has 0 aliphatic rings. The summed E-state index contributed by atoms with van der Waals surface area (Å²) >= 11 is 0. The van der Waals surface area contributed by atoms with Gasteiger partial charge in [-0.05, 0) is 5.56 Å². The van der Waals surface area contributed by atoms with E-state index in [1.54, 1.807) is 7.11 Å². The molecular formula is C12H12N2O2. The van der Waals surface area contributed by atoms with Gasteiger partial charge in [0, 0.05) is 24.9 Å². The molecule has 82 valence electrons. The van der Waals surface area contributed by atoms with E-state index in [2.05, 4.69) is 9.97 Å². The zero-order valence-electron chi connectivity index (χ0n) is 8.93. The van der Waals surface area contributed by atoms with E-state index in [1.165, 1.54) is 12.3 Å². The molecule has 0 radical (unpaired) electrons. The zero-order chi connectivity index (χ0) is 11.4. The van der Waals surface area contributed by atoms with Crippen molar-refractivity contribution in [3.05, 3.63) is 52.4 Å². The van der Waals surface area contributed by atoms with E-state index < -0.39 is 0 Å². The number of aromatic nitrogens is 2. The highest BCUT2D eigenvalue weighted by molar-refractivity contribution is 5.54. The van der Waals surface area contributed by atoms with Crippen molar-refractivity contribution in [3.63, 3.8) is 0 Å². The monoisotopic (exact) mass is 216 g/mol. The first-order valence-electron chi connectivity index (χ1n) is 4.93. The van der Waals surface area contributed by atoms with E-state index in [0.29, 0.717) is 12.4 Å². The van der Waals surface area contributed by atoms with Crippen molar-refractivity contribution in [2.45, 2.75) is 6.61 Å². The Kier molecular flexibility index (Phi) is 3.12. The van der Waals surface area contributed by atoms with Gasteiger partial charge in [0.2, 0.25) is 0 Å². The molecule has 0 fully saturated rings. The molecule has 0 bridgehead atoms. The predicted molar refractivity (Wildman–Crippen MR) is 61.0 cm³/mol. The molecule has 1 N–H and O–H groups in total. The molecule has 0 unspecified atom stereocenters. The summed E-state index contributed by atoms with van der Waals surface area (Å²) in [5.41, 5.74) is 1.83. The quantitative estimate of drug-likeness (QED) is 0.847. The minimum Gasteiger partial charge on any atom is -0.380 e. The molecule has 0 aliphatic heterocycles. The average Bonchev–Trinajstić information content (AvgIpc) is 2.30. The second kappa shape index (κ2) is 4.72. The fraction of sp³-hybridized carbons (Fsp3) is 0.167. The second-order valence-electron chi connectivity index (χ2n) is 3.41. The summed E-state index contributed by atoms with van der Waals surface area (Å²) in [6.45, 7) is 0.582. The first-order valence-corrected chi connectivity index (χ1v) is 4.93. The van der Waals surface area contributed by atoms with Crippen LogP contribution >= 0.6 is 0 Å². The van der Waals surface area contributed by atoms with Gasteiger partial charge in [-0.2, -0.15) is 0 Å². The van der Waals surface area contributed by atoms with Gasteiger partial charge in [0.05, 0.1) is 6.61 Å². The number of aromatic amines is 1. The Hall–Kier alpha value is -1.94. The Labute approximate surface area is 92.9 Å². The van der Waals surface area contributed by atoms with Crippen LogP contribution in [0.3, 0.4) is 0 Å². The third-order valence-corrected chi connectivity index (χ3v) is 2.21. The molecule has 1 heterocycles. The zero-order valence-corrected chi connectivity index (χ0v) is 8.93. The van der Waals surface area contributed by atoms with Crippen LogP contribution in [0, 0.1) is 0 Å². The maximum absolute atomic E-state index is 11.1. The Morgan fingerprint density at radius 2 is 2.00 bits per heavy atom. The second-order valence-corrected chi connectivity index (χ2v) is 3.41. The smallest absolute Gasteiger partial charge is 0.251 e. The highest BCUT2D eigenvalue weighted by Crippen LogP contribution is 2.14. The Morgan fingerprint density at radius 1 is 1.25 bits per heavy atom. The van der Waals surface area contributed by atoms with Crippen LogP contribution in [0.15, 0.2) is 41.3 Å². The van der Waals surface area contributed by atoms with E-state index >= 15 is 0 Å². The molecule has 0 amide bonds. The molecule has 0 spiro atoms. The van der Waals surface area contributed by atoms with Gasteiger partial charge in [-0.25, -0.2) is 4.98 Å². The number of benzene rings is 1. The van der Waals surface area contributed by atoms with Crippen molar-refractivity contribution in [1.29, 1.82) is 0 Å². The summed E-state index contributed by atoms with van der Waals surface area (Å²) in [6.07, 6.45) is 1.50. The van der Waals surface area contributed by atoms with Crippen LogP contribution in [0.25, 0.3) is 11.4 Å². The van der Waals surface area contributed by atoms with Crippen molar-refractivity contribution in [3.8, 4) is 11.4 Å². The lowest BCUT2D eigenvalue weighted by Crippen LogP contribution is -2.05. The number of hydrogen-bond donors (Lipinski definition) is 1. The molecule has 16 heavy (non-hydrogen) atoms. The van der Waals surface area contributed by atoms with Gasteiger partial charge < -0.3 is 9.72 Å². The normalized spacial score (nSPS) is 10.3. The van der Waals surface area contributed by atoms with E-state index in [9.17, 15) is 4.79 Å². The molecule has 4 nitrogen and oxygen atoms in total. The van der Waals surface area contributed by atoms with Crippen molar-refractivity contribution in [2.75, 3.05) is 7.11 Å². The molecule has 1 aromatic carbocycles. The largest absolute Gasteiger partial charge is 0.380 e. The van der Waals surface area contributed by atoms with Crippen LogP contribution in [0.2, 0.25) is 0 Å². The van der Waals surface area contributed by atoms with Gasteiger partial charge in [-0.15, -0.1) is 0 Å². The van der Waals surface area contributed by atoms with Crippen molar-refractivity contribution in [2.24, 2.45) is 0 Å². The Bertz CT molecular complexity index is 517. The number of methoxy groups -OCH3 is 1. The predicted octanol–water partition coefficient (Wildman–Crippen LogP) is 1.58. The summed E-state index contributed by atoms with van der Waals surface area (Å²) < 4.78 is 5.02. The van der Waals surface area contributed by atoms with Crippen LogP contribution < -0.4 is 5.56 Å². The topological polar surface area (TPSA) is 55.0 Å². The van der Waals surface area contributed by atoms with Crippen molar-refractivity contribution < 1.29 is 4.74 Å². The highest BCUT2D eigenvalue weighted by Gasteiger charge is 1.99. The summed E-state index contributed by atoms with van der Waals surface area (Å²) in [4.78, 5) is 17.9. The molecule has 0 aliphatic carbocycles. The number of ether oxygens (including phenoxy) is 1. The van der Waals surface area contributed by atoms with E-state index in [-0.39, 0.29) is 5.56 Å². The lowest BCUT2D eigenvalue weighted by Gasteiger charge is -2.02. The van der Waals surface area contributed by atoms with Crippen molar-refractivity contribution >= 4 is 0 Å². The molecule has 0 saturated carbocycles. The Balaban J connectivity index is 2.31. The molecular weight excluding hydrogens is 204 g/mol. The van der Waals surface area contributed by atoms with Gasteiger partial charge >= 0.3 is 0 Å². The van der Waals surface area contributed by atoms with Gasteiger partial charge in [-0.3, -0.25) is 4.79 Å². The van der Waals surface area contributed by atoms with Gasteiger partial charge in [0.15, 0.2) is 0 Å². The summed E-state index contributed by atoms with van der Waals surface area (Å²) in [5, 5.41) is 0. The lowest BCUT2D eigenvalue weighted by atomic mass is 10.1. The SMILES string of the molecule is COCc1ccc(-c2nccc(=O)[nH]2)cc1. The lowest BCUT2D eigenvalue weighted by molar-refractivity contribution is 0.185. The Morgan fingerprint density at radius 3 is 2.62 bits per heavy atom. The summed E-state index contributed by atoms with van der Waals surface area (Å²) in [6, 6.07) is 9.11. The standard InChI is InChI=1S/C12H12N2O2/c1-16-8-9-2-4-10(5-3-9)12-13-7-6-11(15)14-12/h2-7H,8H2,1H3,(H,13,14,15). The summed E-state index contributed by atoms with van der Waals surface area (Å²) in [7, 11) is 1.66. The van der Waals surface area contributed by atoms with Crippen molar-refractivity contribution in [1.82, 2.24) is 9.97 Å². The van der Waals surface area contributed by atoms with Crippen LogP contribution in [0.5, 0.6) is 0 Å². The minimum atomic E-state index is -0.147. The number of nitrogens with one attached hydrogen (secondary N) is 1. The van der Waals surface area contributed by atoms with Gasteiger partial charge in [0.25, 0.3) is 5.56 Å². The third kappa shape index (κ3) is 2.35. The van der Waals surface area contributed by atoms with Crippen LogP contribution in [0.4, 0.5) is 0 Å². The fourth-order valence-electron chi connectivity index (χ4n) is 1.44. The van der Waals surface area contributed by atoms with E-state index in [0.717, 1.165) is 11.1 Å². The van der Waals surface area contributed by atoms with E-state index in [1.807, 2.05) is 24.3 Å². The number of rotatable bonds is 3. The molecule has 1 aromatic heterocycles. The minimum absolute atomic E-state index is 0.147. The van der Waals surface area contributed by atoms with Crippen LogP contribution in [-0.4, -0.2) is 17.1 Å². The molecule has 0 atom stereocenters. The van der Waals surface area contributed by atoms with E-state index in [4.69, 9.17) is 4.74 Å². The number of H-pyrrole nitrogens is 1. The first kappa shape index (κ1) is 10.6. The molecule has 2 aromatic rings. The van der Waals surface area contributed by atoms with Crippen LogP contribution in [-0.2, 0) is 11.3 Å². The maximum Gasteiger partial charge on any atom is 0.251 e. The third-order valence-electron chi connectivity index (χ3n) is 2.21. The maximum atomic E-state index is 11.1. The van der Waals surface area contributed by atoms with Gasteiger partial charge in [-0.1, -0.05) is 24.3 Å².